The summed E-state index contributed by atoms with van der Waals surface area (Å²) in [5.74, 6) is 0.707. The van der Waals surface area contributed by atoms with Crippen molar-refractivity contribution < 1.29 is 14.3 Å². The first-order valence-electron chi connectivity index (χ1n) is 9.38. The molecule has 5 nitrogen and oxygen atoms in total. The average molecular weight is 407 g/mol. The molecule has 0 saturated carbocycles. The third-order valence-electron chi connectivity index (χ3n) is 5.04. The summed E-state index contributed by atoms with van der Waals surface area (Å²) in [6.07, 6.45) is 0. The Morgan fingerprint density at radius 1 is 1.10 bits per heavy atom. The predicted octanol–water partition coefficient (Wildman–Crippen LogP) is 4.55. The molecule has 0 aliphatic carbocycles. The molecule has 0 aromatic heterocycles. The van der Waals surface area contributed by atoms with Gasteiger partial charge in [0.15, 0.2) is 0 Å². The van der Waals surface area contributed by atoms with E-state index < -0.39 is 0 Å². The molecule has 29 heavy (non-hydrogen) atoms. The number of methoxy groups -OCH3 is 1. The van der Waals surface area contributed by atoms with E-state index in [-0.39, 0.29) is 17.1 Å². The fourth-order valence-electron chi connectivity index (χ4n) is 3.41. The second-order valence-corrected chi connectivity index (χ2v) is 8.55. The van der Waals surface area contributed by atoms with Gasteiger partial charge in [-0.05, 0) is 59.7 Å². The summed E-state index contributed by atoms with van der Waals surface area (Å²) in [5, 5.41) is 4.96. The minimum atomic E-state index is -0.125. The van der Waals surface area contributed by atoms with Gasteiger partial charge in [-0.3, -0.25) is 9.59 Å². The quantitative estimate of drug-likeness (QED) is 0.690. The van der Waals surface area contributed by atoms with E-state index in [2.05, 4.69) is 11.4 Å². The Balaban J connectivity index is 1.52. The highest BCUT2D eigenvalue weighted by atomic mass is 32.2. The molecule has 6 heteroatoms. The van der Waals surface area contributed by atoms with Crippen molar-refractivity contribution in [3.05, 3.63) is 65.7 Å². The van der Waals surface area contributed by atoms with Crippen LogP contribution >= 0.6 is 11.8 Å². The Morgan fingerprint density at radius 3 is 2.66 bits per heavy atom. The summed E-state index contributed by atoms with van der Waals surface area (Å²) in [6, 6.07) is 17.6. The van der Waals surface area contributed by atoms with Gasteiger partial charge in [-0.25, -0.2) is 0 Å². The van der Waals surface area contributed by atoms with E-state index in [0.29, 0.717) is 17.8 Å². The van der Waals surface area contributed by atoms with Gasteiger partial charge in [0, 0.05) is 24.1 Å². The van der Waals surface area contributed by atoms with Gasteiger partial charge in [-0.15, -0.1) is 11.8 Å². The van der Waals surface area contributed by atoms with Gasteiger partial charge in [-0.2, -0.15) is 0 Å². The van der Waals surface area contributed by atoms with E-state index in [1.54, 1.807) is 25.1 Å². The number of anilines is 1. The lowest BCUT2D eigenvalue weighted by Gasteiger charge is -2.23. The van der Waals surface area contributed by atoms with Crippen LogP contribution in [0.2, 0.25) is 0 Å². The molecule has 1 heterocycles. The monoisotopic (exact) mass is 406 g/mol. The average Bonchev–Trinajstić information content (AvgIpc) is 2.73. The molecule has 1 aliphatic rings. The number of fused-ring (bicyclic) bond motifs is 2. The summed E-state index contributed by atoms with van der Waals surface area (Å²) in [5.41, 5.74) is 2.32. The van der Waals surface area contributed by atoms with E-state index in [0.717, 1.165) is 27.0 Å². The van der Waals surface area contributed by atoms with Gasteiger partial charge >= 0.3 is 0 Å². The molecule has 1 N–H and O–H groups in total. The predicted molar refractivity (Wildman–Crippen MR) is 117 cm³/mol. The normalized spacial score (nSPS) is 15.6. The van der Waals surface area contributed by atoms with Gasteiger partial charge < -0.3 is 15.0 Å². The van der Waals surface area contributed by atoms with Crippen LogP contribution < -0.4 is 10.1 Å². The molecule has 3 aromatic carbocycles. The van der Waals surface area contributed by atoms with Gasteiger partial charge in [0.25, 0.3) is 5.91 Å². The Hall–Kier alpha value is -2.99. The third kappa shape index (κ3) is 3.93. The Labute approximate surface area is 174 Å². The molecule has 0 spiro atoms. The lowest BCUT2D eigenvalue weighted by molar-refractivity contribution is -0.115. The van der Waals surface area contributed by atoms with E-state index in [4.69, 9.17) is 4.74 Å². The number of nitrogens with zero attached hydrogens (tertiary/aromatic N) is 1. The Morgan fingerprint density at radius 2 is 1.86 bits per heavy atom. The Bertz CT molecular complexity index is 1110. The SMILES string of the molecule is COc1ccc2cc(CN(C)C(=O)c3ccc4c(c3)NC(=O)C(C)S4)ccc2c1. The smallest absolute Gasteiger partial charge is 0.253 e. The maximum Gasteiger partial charge on any atom is 0.253 e. The second-order valence-electron chi connectivity index (χ2n) is 7.17. The van der Waals surface area contributed by atoms with Gasteiger partial charge in [-0.1, -0.05) is 18.2 Å². The highest BCUT2D eigenvalue weighted by Gasteiger charge is 2.24. The first-order valence-corrected chi connectivity index (χ1v) is 10.3. The molecule has 1 unspecified atom stereocenters. The van der Waals surface area contributed by atoms with Crippen LogP contribution in [-0.2, 0) is 11.3 Å². The molecule has 148 valence electrons. The number of benzene rings is 3. The fourth-order valence-corrected chi connectivity index (χ4v) is 4.34. The zero-order chi connectivity index (χ0) is 20.5. The van der Waals surface area contributed by atoms with Crippen LogP contribution in [0.5, 0.6) is 5.75 Å². The second kappa shape index (κ2) is 7.79. The van der Waals surface area contributed by atoms with Crippen molar-refractivity contribution in [3.63, 3.8) is 0 Å². The molecule has 0 bridgehead atoms. The topological polar surface area (TPSA) is 58.6 Å². The maximum atomic E-state index is 12.9. The molecule has 2 amide bonds. The van der Waals surface area contributed by atoms with Gasteiger partial charge in [0.1, 0.15) is 5.75 Å². The summed E-state index contributed by atoms with van der Waals surface area (Å²) in [4.78, 5) is 27.5. The number of amides is 2. The first kappa shape index (κ1) is 19.3. The van der Waals surface area contributed by atoms with Crippen molar-refractivity contribution in [1.82, 2.24) is 4.90 Å². The molecular formula is C23H22N2O3S. The van der Waals surface area contributed by atoms with Crippen LogP contribution in [0.1, 0.15) is 22.8 Å². The number of hydrogen-bond donors (Lipinski definition) is 1. The number of carbonyl (C=O) groups excluding carboxylic acids is 2. The standard InChI is InChI=1S/C23H22N2O3S/c1-14-22(26)24-20-12-18(7-9-21(20)29-14)23(27)25(2)13-15-4-5-17-11-19(28-3)8-6-16(17)10-15/h4-12,14H,13H2,1-3H3,(H,24,26). The van der Waals surface area contributed by atoms with Gasteiger partial charge in [0.05, 0.1) is 18.0 Å². The number of nitrogens with one attached hydrogen (secondary N) is 1. The van der Waals surface area contributed by atoms with Crippen molar-refractivity contribution in [2.75, 3.05) is 19.5 Å². The third-order valence-corrected chi connectivity index (χ3v) is 6.21. The Kier molecular flexibility index (Phi) is 5.20. The molecule has 0 saturated heterocycles. The van der Waals surface area contributed by atoms with E-state index in [1.807, 2.05) is 49.4 Å². The molecule has 3 aromatic rings. The molecule has 4 rings (SSSR count). The highest BCUT2D eigenvalue weighted by molar-refractivity contribution is 8.00. The number of rotatable bonds is 4. The zero-order valence-corrected chi connectivity index (χ0v) is 17.4. The van der Waals surface area contributed by atoms with Crippen LogP contribution in [0, 0.1) is 0 Å². The number of ether oxygens (including phenoxy) is 1. The van der Waals surface area contributed by atoms with Crippen molar-refractivity contribution in [2.45, 2.75) is 23.6 Å². The molecule has 1 aliphatic heterocycles. The molecule has 0 fully saturated rings. The van der Waals surface area contributed by atoms with Crippen LogP contribution in [0.4, 0.5) is 5.69 Å². The minimum absolute atomic E-state index is 0.0340. The van der Waals surface area contributed by atoms with E-state index >= 15 is 0 Å². The van der Waals surface area contributed by atoms with Crippen LogP contribution in [0.25, 0.3) is 10.8 Å². The largest absolute Gasteiger partial charge is 0.497 e. The highest BCUT2D eigenvalue weighted by Crippen LogP contribution is 2.36. The lowest BCUT2D eigenvalue weighted by Crippen LogP contribution is -2.28. The zero-order valence-electron chi connectivity index (χ0n) is 16.6. The molecule has 0 radical (unpaired) electrons. The first-order chi connectivity index (χ1) is 13.9. The van der Waals surface area contributed by atoms with Crippen molar-refractivity contribution in [3.8, 4) is 5.75 Å². The van der Waals surface area contributed by atoms with Gasteiger partial charge in [0.2, 0.25) is 5.91 Å². The van der Waals surface area contributed by atoms with Crippen molar-refractivity contribution in [2.24, 2.45) is 0 Å². The summed E-state index contributed by atoms with van der Waals surface area (Å²) in [7, 11) is 3.44. The minimum Gasteiger partial charge on any atom is -0.497 e. The summed E-state index contributed by atoms with van der Waals surface area (Å²) >= 11 is 1.51. The number of hydrogen-bond acceptors (Lipinski definition) is 4. The van der Waals surface area contributed by atoms with Crippen LogP contribution in [0.15, 0.2) is 59.5 Å². The van der Waals surface area contributed by atoms with Crippen molar-refractivity contribution in [1.29, 1.82) is 0 Å². The molecular weight excluding hydrogens is 384 g/mol. The lowest BCUT2D eigenvalue weighted by atomic mass is 10.1. The van der Waals surface area contributed by atoms with Crippen molar-refractivity contribution >= 4 is 40.0 Å². The molecule has 1 atom stereocenters. The van der Waals surface area contributed by atoms with Crippen LogP contribution in [0.3, 0.4) is 0 Å². The van der Waals surface area contributed by atoms with E-state index in [9.17, 15) is 9.59 Å². The number of thioether (sulfide) groups is 1. The summed E-state index contributed by atoms with van der Waals surface area (Å²) in [6.45, 7) is 2.37. The number of carbonyl (C=O) groups is 2. The van der Waals surface area contributed by atoms with Crippen LogP contribution in [-0.4, -0.2) is 36.1 Å². The maximum absolute atomic E-state index is 12.9. The van der Waals surface area contributed by atoms with E-state index in [1.165, 1.54) is 11.8 Å². The fraction of sp³-hybridized carbons (Fsp3) is 0.217. The summed E-state index contributed by atoms with van der Waals surface area (Å²) < 4.78 is 5.27.